The molecule has 0 N–H and O–H groups in total. The molecule has 46 heavy (non-hydrogen) atoms. The van der Waals surface area contributed by atoms with Gasteiger partial charge in [0, 0.05) is 16.5 Å². The number of hydrogen-bond donors (Lipinski definition) is 0. The Morgan fingerprint density at radius 1 is 0.391 bits per heavy atom. The minimum atomic E-state index is 0.670. The zero-order valence-corrected chi connectivity index (χ0v) is 24.9. The predicted octanol–water partition coefficient (Wildman–Crippen LogP) is 11.0. The Morgan fingerprint density at radius 2 is 0.891 bits per heavy atom. The molecule has 0 saturated carbocycles. The molecule has 3 heteroatoms. The van der Waals surface area contributed by atoms with Crippen LogP contribution in [0, 0.1) is 11.3 Å². The number of rotatable bonds is 5. The molecule has 7 aromatic carbocycles. The number of nitriles is 1. The second kappa shape index (κ2) is 11.6. The van der Waals surface area contributed by atoms with E-state index in [1.807, 2.05) is 54.6 Å². The van der Waals surface area contributed by atoms with Crippen LogP contribution in [0.25, 0.3) is 77.7 Å². The van der Waals surface area contributed by atoms with Gasteiger partial charge >= 0.3 is 0 Å². The SMILES string of the molecule is N#Cc1ccc(-c2ccc(-c3ccc4ccc(-c5ccc(-c6nc(-c7ccccc7)c7ccccc7n6)cc5)cc4c3)cc2)cc1. The Hall–Kier alpha value is -6.37. The summed E-state index contributed by atoms with van der Waals surface area (Å²) >= 11 is 0. The molecule has 0 spiro atoms. The van der Waals surface area contributed by atoms with E-state index in [0.29, 0.717) is 5.56 Å². The summed E-state index contributed by atoms with van der Waals surface area (Å²) in [6, 6.07) is 58.8. The summed E-state index contributed by atoms with van der Waals surface area (Å²) < 4.78 is 0. The van der Waals surface area contributed by atoms with Crippen LogP contribution in [-0.4, -0.2) is 9.97 Å². The summed E-state index contributed by atoms with van der Waals surface area (Å²) in [7, 11) is 0. The molecule has 0 unspecified atom stereocenters. The first-order valence-corrected chi connectivity index (χ1v) is 15.3. The van der Waals surface area contributed by atoms with Gasteiger partial charge in [-0.15, -0.1) is 0 Å². The minimum Gasteiger partial charge on any atom is -0.228 e. The lowest BCUT2D eigenvalue weighted by Gasteiger charge is -2.10. The molecule has 8 rings (SSSR count). The second-order valence-corrected chi connectivity index (χ2v) is 11.4. The predicted molar refractivity (Wildman–Crippen MR) is 189 cm³/mol. The van der Waals surface area contributed by atoms with E-state index in [-0.39, 0.29) is 0 Å². The molecule has 0 aliphatic rings. The summed E-state index contributed by atoms with van der Waals surface area (Å²) in [4.78, 5) is 9.95. The van der Waals surface area contributed by atoms with Gasteiger partial charge in [0.25, 0.3) is 0 Å². The van der Waals surface area contributed by atoms with E-state index in [4.69, 9.17) is 15.2 Å². The normalized spacial score (nSPS) is 11.0. The topological polar surface area (TPSA) is 49.6 Å². The van der Waals surface area contributed by atoms with E-state index in [0.717, 1.165) is 55.8 Å². The first-order valence-electron chi connectivity index (χ1n) is 15.3. The standard InChI is InChI=1S/C43H27N3/c44-28-29-10-12-30(13-11-29)31-14-16-32(17-15-31)37-24-20-34-21-25-38(27-39(34)26-37)33-18-22-36(23-19-33)43-45-41-9-5-4-8-40(41)42(46-43)35-6-2-1-3-7-35/h1-27H. The van der Waals surface area contributed by atoms with E-state index in [1.165, 1.54) is 21.9 Å². The summed E-state index contributed by atoms with van der Waals surface area (Å²) in [6.45, 7) is 0. The molecule has 0 radical (unpaired) electrons. The van der Waals surface area contributed by atoms with Crippen LogP contribution in [0.4, 0.5) is 0 Å². The highest BCUT2D eigenvalue weighted by Gasteiger charge is 2.12. The van der Waals surface area contributed by atoms with Crippen LogP contribution in [0.2, 0.25) is 0 Å². The largest absolute Gasteiger partial charge is 0.228 e. The highest BCUT2D eigenvalue weighted by Crippen LogP contribution is 2.33. The van der Waals surface area contributed by atoms with E-state index in [2.05, 4.69) is 115 Å². The third kappa shape index (κ3) is 5.19. The number of fused-ring (bicyclic) bond motifs is 2. The molecule has 1 aromatic heterocycles. The van der Waals surface area contributed by atoms with Gasteiger partial charge in [-0.05, 0) is 74.5 Å². The second-order valence-electron chi connectivity index (χ2n) is 11.4. The Balaban J connectivity index is 1.09. The lowest BCUT2D eigenvalue weighted by atomic mass is 9.96. The minimum absolute atomic E-state index is 0.670. The first-order chi connectivity index (χ1) is 22.7. The highest BCUT2D eigenvalue weighted by molar-refractivity contribution is 5.94. The van der Waals surface area contributed by atoms with Crippen LogP contribution >= 0.6 is 0 Å². The molecule has 8 aromatic rings. The van der Waals surface area contributed by atoms with Crippen molar-refractivity contribution in [2.45, 2.75) is 0 Å². The number of hydrogen-bond acceptors (Lipinski definition) is 3. The van der Waals surface area contributed by atoms with E-state index < -0.39 is 0 Å². The summed E-state index contributed by atoms with van der Waals surface area (Å²) in [5.74, 6) is 0.720. The van der Waals surface area contributed by atoms with Crippen molar-refractivity contribution in [1.82, 2.24) is 9.97 Å². The number of benzene rings is 7. The van der Waals surface area contributed by atoms with Crippen molar-refractivity contribution in [3.63, 3.8) is 0 Å². The molecule has 0 aliphatic heterocycles. The zero-order chi connectivity index (χ0) is 30.9. The molecule has 0 bridgehead atoms. The number of para-hydroxylation sites is 1. The van der Waals surface area contributed by atoms with Crippen LogP contribution in [0.3, 0.4) is 0 Å². The third-order valence-electron chi connectivity index (χ3n) is 8.53. The molecular formula is C43H27N3. The monoisotopic (exact) mass is 585 g/mol. The average Bonchev–Trinajstić information content (AvgIpc) is 3.14. The smallest absolute Gasteiger partial charge is 0.160 e. The van der Waals surface area contributed by atoms with Crippen LogP contribution in [-0.2, 0) is 0 Å². The highest BCUT2D eigenvalue weighted by atomic mass is 14.9. The van der Waals surface area contributed by atoms with Gasteiger partial charge < -0.3 is 0 Å². The Morgan fingerprint density at radius 3 is 1.50 bits per heavy atom. The van der Waals surface area contributed by atoms with E-state index in [9.17, 15) is 0 Å². The first kappa shape index (κ1) is 27.2. The fourth-order valence-corrected chi connectivity index (χ4v) is 6.03. The molecule has 214 valence electrons. The maximum Gasteiger partial charge on any atom is 0.160 e. The number of aromatic nitrogens is 2. The summed E-state index contributed by atoms with van der Waals surface area (Å²) in [5.41, 5.74) is 11.5. The van der Waals surface area contributed by atoms with Crippen molar-refractivity contribution in [2.75, 3.05) is 0 Å². The van der Waals surface area contributed by atoms with Crippen LogP contribution < -0.4 is 0 Å². The van der Waals surface area contributed by atoms with Crippen molar-refractivity contribution < 1.29 is 0 Å². The zero-order valence-electron chi connectivity index (χ0n) is 24.9. The van der Waals surface area contributed by atoms with E-state index >= 15 is 0 Å². The van der Waals surface area contributed by atoms with Gasteiger partial charge in [0.1, 0.15) is 0 Å². The quantitative estimate of drug-likeness (QED) is 0.202. The van der Waals surface area contributed by atoms with Gasteiger partial charge in [-0.1, -0.05) is 133 Å². The molecular weight excluding hydrogens is 558 g/mol. The van der Waals surface area contributed by atoms with Gasteiger partial charge in [0.15, 0.2) is 5.82 Å². The van der Waals surface area contributed by atoms with E-state index in [1.54, 1.807) is 0 Å². The lowest BCUT2D eigenvalue weighted by Crippen LogP contribution is -1.95. The van der Waals surface area contributed by atoms with Gasteiger partial charge in [-0.2, -0.15) is 5.26 Å². The third-order valence-corrected chi connectivity index (χ3v) is 8.53. The lowest BCUT2D eigenvalue weighted by molar-refractivity contribution is 1.23. The van der Waals surface area contributed by atoms with Crippen molar-refractivity contribution >= 4 is 21.7 Å². The summed E-state index contributed by atoms with van der Waals surface area (Å²) in [5, 5.41) is 12.5. The average molecular weight is 586 g/mol. The summed E-state index contributed by atoms with van der Waals surface area (Å²) in [6.07, 6.45) is 0. The molecule has 3 nitrogen and oxygen atoms in total. The van der Waals surface area contributed by atoms with Gasteiger partial charge in [-0.25, -0.2) is 9.97 Å². The van der Waals surface area contributed by atoms with Crippen LogP contribution in [0.5, 0.6) is 0 Å². The molecule has 0 saturated heterocycles. The van der Waals surface area contributed by atoms with Crippen molar-refractivity contribution in [3.8, 4) is 62.1 Å². The van der Waals surface area contributed by atoms with Gasteiger partial charge in [0.05, 0.1) is 22.8 Å². The molecule has 1 heterocycles. The van der Waals surface area contributed by atoms with Gasteiger partial charge in [-0.3, -0.25) is 0 Å². The van der Waals surface area contributed by atoms with Crippen molar-refractivity contribution in [2.24, 2.45) is 0 Å². The number of nitrogens with zero attached hydrogens (tertiary/aromatic N) is 3. The van der Waals surface area contributed by atoms with Crippen molar-refractivity contribution in [3.05, 3.63) is 169 Å². The fraction of sp³-hybridized carbons (Fsp3) is 0. The maximum absolute atomic E-state index is 9.09. The van der Waals surface area contributed by atoms with Crippen LogP contribution in [0.1, 0.15) is 5.56 Å². The Kier molecular flexibility index (Phi) is 6.87. The maximum atomic E-state index is 9.09. The van der Waals surface area contributed by atoms with Gasteiger partial charge in [0.2, 0.25) is 0 Å². The molecule has 0 aliphatic carbocycles. The Bertz CT molecular complexity index is 2390. The van der Waals surface area contributed by atoms with Crippen molar-refractivity contribution in [1.29, 1.82) is 5.26 Å². The molecule has 0 fully saturated rings. The fourth-order valence-electron chi connectivity index (χ4n) is 6.03. The van der Waals surface area contributed by atoms with Crippen LogP contribution in [0.15, 0.2) is 164 Å². The molecule has 0 amide bonds. The molecule has 0 atom stereocenters. The Labute approximate surface area is 267 Å².